The van der Waals surface area contributed by atoms with Crippen molar-refractivity contribution in [3.63, 3.8) is 0 Å². The molecule has 3 heterocycles. The Morgan fingerprint density at radius 1 is 1.13 bits per heavy atom. The molecule has 1 unspecified atom stereocenters. The number of carbonyl (C=O) groups excluding carboxylic acids is 1. The SMILES string of the molecule is Cc1cc2oc3c(c(=O)c2cc1Cl)C(c1ccc(F)cc1)N(Cc1ccco1)C3=O. The molecule has 2 aromatic carbocycles. The first-order valence-corrected chi connectivity index (χ1v) is 9.67. The van der Waals surface area contributed by atoms with E-state index in [1.54, 1.807) is 43.3 Å². The van der Waals surface area contributed by atoms with Crippen LogP contribution in [-0.2, 0) is 6.54 Å². The van der Waals surface area contributed by atoms with Crippen LogP contribution in [0.1, 0.15) is 39.0 Å². The van der Waals surface area contributed by atoms with E-state index in [4.69, 9.17) is 20.4 Å². The van der Waals surface area contributed by atoms with Crippen LogP contribution >= 0.6 is 11.6 Å². The normalized spacial score (nSPS) is 15.8. The number of halogens is 2. The van der Waals surface area contributed by atoms with Crippen molar-refractivity contribution >= 4 is 28.5 Å². The number of aryl methyl sites for hydroxylation is 1. The zero-order valence-corrected chi connectivity index (χ0v) is 16.6. The van der Waals surface area contributed by atoms with Crippen LogP contribution < -0.4 is 5.43 Å². The summed E-state index contributed by atoms with van der Waals surface area (Å²) in [4.78, 5) is 28.2. The number of benzene rings is 2. The molecule has 5 nitrogen and oxygen atoms in total. The lowest BCUT2D eigenvalue weighted by Gasteiger charge is -2.24. The summed E-state index contributed by atoms with van der Waals surface area (Å²) < 4.78 is 24.8. The van der Waals surface area contributed by atoms with Crippen LogP contribution in [-0.4, -0.2) is 10.8 Å². The molecule has 0 fully saturated rings. The zero-order valence-electron chi connectivity index (χ0n) is 15.8. The van der Waals surface area contributed by atoms with E-state index in [0.717, 1.165) is 5.56 Å². The van der Waals surface area contributed by atoms with Gasteiger partial charge in [-0.15, -0.1) is 0 Å². The molecule has 0 radical (unpaired) electrons. The van der Waals surface area contributed by atoms with Crippen molar-refractivity contribution in [2.24, 2.45) is 0 Å². The minimum atomic E-state index is -0.737. The van der Waals surface area contributed by atoms with Gasteiger partial charge in [-0.1, -0.05) is 23.7 Å². The van der Waals surface area contributed by atoms with E-state index >= 15 is 0 Å². The van der Waals surface area contributed by atoms with Crippen LogP contribution in [0.2, 0.25) is 5.02 Å². The molecule has 150 valence electrons. The van der Waals surface area contributed by atoms with Crippen molar-refractivity contribution in [1.82, 2.24) is 4.90 Å². The minimum absolute atomic E-state index is 0.0184. The van der Waals surface area contributed by atoms with Gasteiger partial charge in [-0.3, -0.25) is 9.59 Å². The second-order valence-electron chi connectivity index (χ2n) is 7.24. The maximum Gasteiger partial charge on any atom is 0.291 e. The highest BCUT2D eigenvalue weighted by Crippen LogP contribution is 2.39. The number of furan rings is 1. The van der Waals surface area contributed by atoms with Crippen molar-refractivity contribution in [2.45, 2.75) is 19.5 Å². The third kappa shape index (κ3) is 2.83. The molecule has 1 atom stereocenters. The Labute approximate surface area is 175 Å². The summed E-state index contributed by atoms with van der Waals surface area (Å²) >= 11 is 6.22. The fourth-order valence-corrected chi connectivity index (χ4v) is 4.03. The molecule has 4 aromatic rings. The molecule has 0 saturated carbocycles. The molecule has 0 spiro atoms. The average Bonchev–Trinajstić information content (AvgIpc) is 3.33. The number of hydrogen-bond donors (Lipinski definition) is 0. The third-order valence-corrected chi connectivity index (χ3v) is 5.75. The lowest BCUT2D eigenvalue weighted by atomic mass is 9.98. The molecular formula is C23H15ClFNO4. The molecule has 0 N–H and O–H groups in total. The van der Waals surface area contributed by atoms with Gasteiger partial charge in [-0.05, 0) is 54.4 Å². The number of amides is 1. The van der Waals surface area contributed by atoms with Gasteiger partial charge in [-0.25, -0.2) is 4.39 Å². The number of hydrogen-bond acceptors (Lipinski definition) is 4. The van der Waals surface area contributed by atoms with Gasteiger partial charge in [-0.2, -0.15) is 0 Å². The summed E-state index contributed by atoms with van der Waals surface area (Å²) in [5, 5.41) is 0.731. The predicted octanol–water partition coefficient (Wildman–Crippen LogP) is 5.23. The highest BCUT2D eigenvalue weighted by molar-refractivity contribution is 6.32. The van der Waals surface area contributed by atoms with E-state index in [1.165, 1.54) is 23.3 Å². The molecule has 0 saturated heterocycles. The molecule has 1 aliphatic rings. The minimum Gasteiger partial charge on any atom is -0.467 e. The highest BCUT2D eigenvalue weighted by atomic mass is 35.5. The van der Waals surface area contributed by atoms with Crippen molar-refractivity contribution < 1.29 is 18.0 Å². The number of nitrogens with zero attached hydrogens (tertiary/aromatic N) is 1. The first-order valence-electron chi connectivity index (χ1n) is 9.29. The van der Waals surface area contributed by atoms with Gasteiger partial charge in [0.1, 0.15) is 17.2 Å². The third-order valence-electron chi connectivity index (χ3n) is 5.34. The molecule has 5 rings (SSSR count). The van der Waals surface area contributed by atoms with Crippen molar-refractivity contribution in [3.05, 3.63) is 104 Å². The Morgan fingerprint density at radius 3 is 2.60 bits per heavy atom. The first kappa shape index (κ1) is 18.6. The summed E-state index contributed by atoms with van der Waals surface area (Å²) in [5.41, 5.74) is 1.51. The van der Waals surface area contributed by atoms with Gasteiger partial charge in [0.2, 0.25) is 5.76 Å². The average molecular weight is 424 g/mol. The van der Waals surface area contributed by atoms with Crippen LogP contribution in [0.15, 0.2) is 68.4 Å². The number of carbonyl (C=O) groups is 1. The summed E-state index contributed by atoms with van der Waals surface area (Å²) in [6.45, 7) is 1.93. The van der Waals surface area contributed by atoms with Gasteiger partial charge >= 0.3 is 0 Å². The maximum absolute atomic E-state index is 13.5. The Morgan fingerprint density at radius 2 is 1.90 bits per heavy atom. The topological polar surface area (TPSA) is 63.7 Å². The zero-order chi connectivity index (χ0) is 21.0. The number of fused-ring (bicyclic) bond motifs is 2. The first-order chi connectivity index (χ1) is 14.4. The van der Waals surface area contributed by atoms with Gasteiger partial charge < -0.3 is 13.7 Å². The monoisotopic (exact) mass is 423 g/mol. The summed E-state index contributed by atoms with van der Waals surface area (Å²) in [6, 6.07) is 11.6. The Kier molecular flexibility index (Phi) is 4.25. The molecule has 1 amide bonds. The smallest absolute Gasteiger partial charge is 0.291 e. The number of rotatable bonds is 3. The molecule has 30 heavy (non-hydrogen) atoms. The Balaban J connectivity index is 1.76. The Bertz CT molecular complexity index is 1340. The molecular weight excluding hydrogens is 409 g/mol. The van der Waals surface area contributed by atoms with E-state index in [2.05, 4.69) is 0 Å². The lowest BCUT2D eigenvalue weighted by Crippen LogP contribution is -2.29. The van der Waals surface area contributed by atoms with E-state index in [1.807, 2.05) is 0 Å². The highest BCUT2D eigenvalue weighted by Gasteiger charge is 2.43. The van der Waals surface area contributed by atoms with Crippen molar-refractivity contribution in [3.8, 4) is 0 Å². The molecule has 7 heteroatoms. The fraction of sp³-hybridized carbons (Fsp3) is 0.130. The second-order valence-corrected chi connectivity index (χ2v) is 7.65. The van der Waals surface area contributed by atoms with Crippen LogP contribution in [0.25, 0.3) is 11.0 Å². The lowest BCUT2D eigenvalue weighted by molar-refractivity contribution is 0.0701. The fourth-order valence-electron chi connectivity index (χ4n) is 3.87. The van der Waals surface area contributed by atoms with Gasteiger partial charge in [0.05, 0.1) is 29.8 Å². The van der Waals surface area contributed by atoms with E-state index in [0.29, 0.717) is 27.3 Å². The van der Waals surface area contributed by atoms with E-state index < -0.39 is 17.8 Å². The van der Waals surface area contributed by atoms with E-state index in [-0.39, 0.29) is 23.3 Å². The summed E-state index contributed by atoms with van der Waals surface area (Å²) in [5.74, 6) is -0.301. The largest absolute Gasteiger partial charge is 0.467 e. The van der Waals surface area contributed by atoms with Gasteiger partial charge in [0.25, 0.3) is 5.91 Å². The predicted molar refractivity (Wildman–Crippen MR) is 109 cm³/mol. The molecule has 2 aromatic heterocycles. The summed E-state index contributed by atoms with van der Waals surface area (Å²) in [7, 11) is 0. The van der Waals surface area contributed by atoms with Crippen LogP contribution in [0, 0.1) is 12.7 Å². The molecule has 0 aliphatic carbocycles. The molecule has 0 bridgehead atoms. The van der Waals surface area contributed by atoms with Crippen molar-refractivity contribution in [1.29, 1.82) is 0 Å². The van der Waals surface area contributed by atoms with Gasteiger partial charge in [0.15, 0.2) is 5.43 Å². The van der Waals surface area contributed by atoms with Crippen LogP contribution in [0.3, 0.4) is 0 Å². The summed E-state index contributed by atoms with van der Waals surface area (Å²) in [6.07, 6.45) is 1.51. The standard InChI is InChI=1S/C23H15ClFNO4/c1-12-9-18-16(10-17(12)24)21(27)19-20(13-4-6-14(25)7-5-13)26(23(28)22(19)30-18)11-15-3-2-8-29-15/h2-10,20H,11H2,1H3. The second kappa shape index (κ2) is 6.85. The van der Waals surface area contributed by atoms with Crippen LogP contribution in [0.4, 0.5) is 4.39 Å². The van der Waals surface area contributed by atoms with E-state index in [9.17, 15) is 14.0 Å². The maximum atomic E-state index is 13.5. The van der Waals surface area contributed by atoms with Gasteiger partial charge in [0, 0.05) is 5.02 Å². The van der Waals surface area contributed by atoms with Crippen LogP contribution in [0.5, 0.6) is 0 Å². The Hall–Kier alpha value is -3.38. The van der Waals surface area contributed by atoms with Crippen molar-refractivity contribution in [2.75, 3.05) is 0 Å². The quantitative estimate of drug-likeness (QED) is 0.452. The molecule has 1 aliphatic heterocycles.